The summed E-state index contributed by atoms with van der Waals surface area (Å²) >= 11 is 0. The van der Waals surface area contributed by atoms with Crippen LogP contribution >= 0.6 is 0 Å². The molecule has 1 aromatic carbocycles. The SMILES string of the molecule is CCCNC(c1ccccc1)C(C)CN(CCO)C1CC1. The van der Waals surface area contributed by atoms with Crippen LogP contribution in [0.1, 0.15) is 44.7 Å². The van der Waals surface area contributed by atoms with E-state index in [2.05, 4.69) is 54.4 Å². The van der Waals surface area contributed by atoms with Crippen LogP contribution in [-0.4, -0.2) is 42.3 Å². The molecule has 0 amide bonds. The van der Waals surface area contributed by atoms with Crippen LogP contribution in [0.25, 0.3) is 0 Å². The molecule has 2 unspecified atom stereocenters. The number of nitrogens with one attached hydrogen (secondary N) is 1. The Morgan fingerprint density at radius 1 is 1.29 bits per heavy atom. The van der Waals surface area contributed by atoms with Crippen LogP contribution in [0.3, 0.4) is 0 Å². The van der Waals surface area contributed by atoms with Crippen LogP contribution < -0.4 is 5.32 Å². The van der Waals surface area contributed by atoms with Crippen molar-refractivity contribution >= 4 is 0 Å². The molecule has 0 saturated heterocycles. The Labute approximate surface area is 129 Å². The predicted molar refractivity (Wildman–Crippen MR) is 88.3 cm³/mol. The van der Waals surface area contributed by atoms with Gasteiger partial charge in [-0.1, -0.05) is 44.2 Å². The van der Waals surface area contributed by atoms with Gasteiger partial charge in [-0.2, -0.15) is 0 Å². The fourth-order valence-electron chi connectivity index (χ4n) is 3.07. The van der Waals surface area contributed by atoms with Gasteiger partial charge in [-0.3, -0.25) is 4.90 Å². The van der Waals surface area contributed by atoms with Crippen molar-refractivity contribution in [2.24, 2.45) is 5.92 Å². The highest BCUT2D eigenvalue weighted by atomic mass is 16.3. The molecule has 1 aromatic rings. The lowest BCUT2D eigenvalue weighted by molar-refractivity contribution is 0.159. The van der Waals surface area contributed by atoms with E-state index >= 15 is 0 Å². The van der Waals surface area contributed by atoms with Crippen molar-refractivity contribution in [1.82, 2.24) is 10.2 Å². The largest absolute Gasteiger partial charge is 0.395 e. The van der Waals surface area contributed by atoms with Gasteiger partial charge in [0.1, 0.15) is 0 Å². The minimum Gasteiger partial charge on any atom is -0.395 e. The van der Waals surface area contributed by atoms with E-state index in [4.69, 9.17) is 0 Å². The zero-order valence-electron chi connectivity index (χ0n) is 13.5. The summed E-state index contributed by atoms with van der Waals surface area (Å²) < 4.78 is 0. The quantitative estimate of drug-likeness (QED) is 0.695. The van der Waals surface area contributed by atoms with Gasteiger partial charge >= 0.3 is 0 Å². The lowest BCUT2D eigenvalue weighted by Gasteiger charge is -2.31. The molecule has 0 radical (unpaired) electrons. The maximum absolute atomic E-state index is 9.27. The molecule has 0 bridgehead atoms. The van der Waals surface area contributed by atoms with Crippen LogP contribution in [0.5, 0.6) is 0 Å². The Kier molecular flexibility index (Phi) is 6.68. The van der Waals surface area contributed by atoms with E-state index < -0.39 is 0 Å². The molecule has 1 aliphatic carbocycles. The van der Waals surface area contributed by atoms with Crippen molar-refractivity contribution in [3.63, 3.8) is 0 Å². The Balaban J connectivity index is 2.00. The van der Waals surface area contributed by atoms with Gasteiger partial charge in [-0.15, -0.1) is 0 Å². The van der Waals surface area contributed by atoms with Gasteiger partial charge in [0.25, 0.3) is 0 Å². The fraction of sp³-hybridized carbons (Fsp3) is 0.667. The van der Waals surface area contributed by atoms with E-state index in [9.17, 15) is 5.11 Å². The molecule has 0 aliphatic heterocycles. The van der Waals surface area contributed by atoms with Gasteiger partial charge in [0.15, 0.2) is 0 Å². The van der Waals surface area contributed by atoms with Crippen LogP contribution in [-0.2, 0) is 0 Å². The first-order valence-corrected chi connectivity index (χ1v) is 8.39. The summed E-state index contributed by atoms with van der Waals surface area (Å²) in [5.41, 5.74) is 1.37. The van der Waals surface area contributed by atoms with Crippen molar-refractivity contribution in [3.8, 4) is 0 Å². The minimum atomic E-state index is 0.265. The highest BCUT2D eigenvalue weighted by Gasteiger charge is 2.31. The molecule has 0 aromatic heterocycles. The van der Waals surface area contributed by atoms with Crippen LogP contribution in [0.15, 0.2) is 30.3 Å². The minimum absolute atomic E-state index is 0.265. The van der Waals surface area contributed by atoms with E-state index in [0.717, 1.165) is 26.1 Å². The van der Waals surface area contributed by atoms with Crippen molar-refractivity contribution in [2.45, 2.75) is 45.2 Å². The molecule has 0 heterocycles. The first-order valence-electron chi connectivity index (χ1n) is 8.39. The molecule has 3 heteroatoms. The summed E-state index contributed by atoms with van der Waals surface area (Å²) in [4.78, 5) is 2.47. The topological polar surface area (TPSA) is 35.5 Å². The summed E-state index contributed by atoms with van der Waals surface area (Å²) in [5, 5.41) is 13.0. The average Bonchev–Trinajstić information content (AvgIpc) is 3.33. The zero-order chi connectivity index (χ0) is 15.1. The van der Waals surface area contributed by atoms with Crippen LogP contribution in [0.2, 0.25) is 0 Å². The maximum Gasteiger partial charge on any atom is 0.0558 e. The van der Waals surface area contributed by atoms with Crippen molar-refractivity contribution < 1.29 is 5.11 Å². The number of aliphatic hydroxyl groups excluding tert-OH is 1. The number of rotatable bonds is 10. The number of aliphatic hydroxyl groups is 1. The molecule has 3 nitrogen and oxygen atoms in total. The average molecular weight is 290 g/mol. The fourth-order valence-corrected chi connectivity index (χ4v) is 3.07. The second kappa shape index (κ2) is 8.52. The summed E-state index contributed by atoms with van der Waals surface area (Å²) in [6.07, 6.45) is 3.75. The molecular weight excluding hydrogens is 260 g/mol. The van der Waals surface area contributed by atoms with E-state index in [1.54, 1.807) is 0 Å². The van der Waals surface area contributed by atoms with E-state index in [1.165, 1.54) is 18.4 Å². The first-order chi connectivity index (χ1) is 10.3. The van der Waals surface area contributed by atoms with Gasteiger partial charge in [-0.05, 0) is 37.3 Å². The molecule has 21 heavy (non-hydrogen) atoms. The lowest BCUT2D eigenvalue weighted by atomic mass is 9.93. The summed E-state index contributed by atoms with van der Waals surface area (Å²) in [6, 6.07) is 11.9. The van der Waals surface area contributed by atoms with Gasteiger partial charge in [0.05, 0.1) is 6.61 Å². The number of nitrogens with zero attached hydrogens (tertiary/aromatic N) is 1. The number of hydrogen-bond acceptors (Lipinski definition) is 3. The number of benzene rings is 1. The standard InChI is InChI=1S/C18H30N2O/c1-3-11-19-18(16-7-5-4-6-8-16)15(2)14-20(12-13-21)17-9-10-17/h4-8,15,17-19,21H,3,9-14H2,1-2H3. The molecule has 1 aliphatic rings. The maximum atomic E-state index is 9.27. The summed E-state index contributed by atoms with van der Waals surface area (Å²) in [5.74, 6) is 0.533. The van der Waals surface area contributed by atoms with E-state index in [0.29, 0.717) is 18.0 Å². The number of hydrogen-bond donors (Lipinski definition) is 2. The van der Waals surface area contributed by atoms with Crippen LogP contribution in [0, 0.1) is 5.92 Å². The molecule has 0 spiro atoms. The monoisotopic (exact) mass is 290 g/mol. The smallest absolute Gasteiger partial charge is 0.0558 e. The third-order valence-corrected chi connectivity index (χ3v) is 4.31. The van der Waals surface area contributed by atoms with E-state index in [1.807, 2.05) is 0 Å². The molecule has 1 saturated carbocycles. The Hall–Kier alpha value is -0.900. The van der Waals surface area contributed by atoms with Gasteiger partial charge in [0, 0.05) is 25.2 Å². The summed E-state index contributed by atoms with van der Waals surface area (Å²) in [7, 11) is 0. The molecule has 2 rings (SSSR count). The highest BCUT2D eigenvalue weighted by molar-refractivity contribution is 5.19. The molecule has 2 N–H and O–H groups in total. The zero-order valence-corrected chi connectivity index (χ0v) is 13.5. The molecular formula is C18H30N2O. The Bertz CT molecular complexity index is 391. The van der Waals surface area contributed by atoms with Crippen molar-refractivity contribution in [3.05, 3.63) is 35.9 Å². The highest BCUT2D eigenvalue weighted by Crippen LogP contribution is 2.30. The predicted octanol–water partition coefficient (Wildman–Crippen LogP) is 2.82. The molecule has 1 fully saturated rings. The Morgan fingerprint density at radius 3 is 2.57 bits per heavy atom. The second-order valence-electron chi connectivity index (χ2n) is 6.27. The lowest BCUT2D eigenvalue weighted by Crippen LogP contribution is -2.38. The van der Waals surface area contributed by atoms with E-state index in [-0.39, 0.29) is 6.61 Å². The molecule has 118 valence electrons. The Morgan fingerprint density at radius 2 is 2.00 bits per heavy atom. The van der Waals surface area contributed by atoms with Gasteiger partial charge in [0.2, 0.25) is 0 Å². The third kappa shape index (κ3) is 5.10. The third-order valence-electron chi connectivity index (χ3n) is 4.31. The van der Waals surface area contributed by atoms with Crippen molar-refractivity contribution in [2.75, 3.05) is 26.2 Å². The normalized spacial score (nSPS) is 17.9. The molecule has 2 atom stereocenters. The summed E-state index contributed by atoms with van der Waals surface area (Å²) in [6.45, 7) is 7.72. The van der Waals surface area contributed by atoms with Gasteiger partial charge < -0.3 is 10.4 Å². The first kappa shape index (κ1) is 16.5. The van der Waals surface area contributed by atoms with Crippen LogP contribution in [0.4, 0.5) is 0 Å². The van der Waals surface area contributed by atoms with Gasteiger partial charge in [-0.25, -0.2) is 0 Å². The second-order valence-corrected chi connectivity index (χ2v) is 6.27. The van der Waals surface area contributed by atoms with Crippen molar-refractivity contribution in [1.29, 1.82) is 0 Å².